The van der Waals surface area contributed by atoms with Crippen LogP contribution in [0.25, 0.3) is 10.1 Å². The standard InChI is InChI=1S/C11H14N2S/c1-8(6-12)4-9-2-3-10-7-13-14-11(10)5-9/h2-3,5,7-8H,4,6,12H2,1H3. The molecule has 1 atom stereocenters. The molecule has 2 aromatic rings. The van der Waals surface area contributed by atoms with Gasteiger partial charge in [-0.25, -0.2) is 0 Å². The van der Waals surface area contributed by atoms with Crippen molar-refractivity contribution in [3.8, 4) is 0 Å². The quantitative estimate of drug-likeness (QED) is 0.837. The van der Waals surface area contributed by atoms with Crippen LogP contribution in [-0.2, 0) is 6.42 Å². The summed E-state index contributed by atoms with van der Waals surface area (Å²) >= 11 is 1.55. The summed E-state index contributed by atoms with van der Waals surface area (Å²) < 4.78 is 5.43. The third-order valence-corrected chi connectivity index (χ3v) is 3.17. The van der Waals surface area contributed by atoms with Crippen LogP contribution in [0.15, 0.2) is 24.4 Å². The summed E-state index contributed by atoms with van der Waals surface area (Å²) in [6, 6.07) is 6.53. The van der Waals surface area contributed by atoms with Gasteiger partial charge < -0.3 is 5.73 Å². The Morgan fingerprint density at radius 2 is 2.36 bits per heavy atom. The molecule has 1 heterocycles. The first-order valence-corrected chi connectivity index (χ1v) is 5.60. The number of aromatic nitrogens is 1. The van der Waals surface area contributed by atoms with E-state index in [-0.39, 0.29) is 0 Å². The van der Waals surface area contributed by atoms with E-state index in [1.807, 2.05) is 6.20 Å². The van der Waals surface area contributed by atoms with Gasteiger partial charge in [-0.3, -0.25) is 0 Å². The fourth-order valence-electron chi connectivity index (χ4n) is 1.52. The maximum absolute atomic E-state index is 5.60. The maximum Gasteiger partial charge on any atom is 0.0552 e. The van der Waals surface area contributed by atoms with Crippen LogP contribution in [-0.4, -0.2) is 10.9 Å². The molecule has 0 fully saturated rings. The highest BCUT2D eigenvalue weighted by Crippen LogP contribution is 2.20. The Bertz CT molecular complexity index is 422. The predicted molar refractivity (Wildman–Crippen MR) is 61.5 cm³/mol. The molecule has 2 nitrogen and oxygen atoms in total. The van der Waals surface area contributed by atoms with Gasteiger partial charge in [0.1, 0.15) is 0 Å². The van der Waals surface area contributed by atoms with Crippen molar-refractivity contribution in [2.24, 2.45) is 11.7 Å². The fourth-order valence-corrected chi connectivity index (χ4v) is 2.23. The number of benzene rings is 1. The smallest absolute Gasteiger partial charge is 0.0552 e. The molecule has 1 aromatic carbocycles. The van der Waals surface area contributed by atoms with Crippen molar-refractivity contribution in [3.05, 3.63) is 30.0 Å². The SMILES string of the molecule is CC(CN)Cc1ccc2cnsc2c1. The molecule has 1 unspecified atom stereocenters. The van der Waals surface area contributed by atoms with Crippen LogP contribution in [0.1, 0.15) is 12.5 Å². The van der Waals surface area contributed by atoms with E-state index in [1.165, 1.54) is 15.6 Å². The van der Waals surface area contributed by atoms with Crippen LogP contribution in [0.3, 0.4) is 0 Å². The van der Waals surface area contributed by atoms with Crippen molar-refractivity contribution in [1.29, 1.82) is 0 Å². The van der Waals surface area contributed by atoms with E-state index in [0.29, 0.717) is 5.92 Å². The molecule has 0 saturated carbocycles. The van der Waals surface area contributed by atoms with E-state index in [0.717, 1.165) is 13.0 Å². The number of nitrogens with zero attached hydrogens (tertiary/aromatic N) is 1. The Morgan fingerprint density at radius 3 is 3.14 bits per heavy atom. The molecule has 14 heavy (non-hydrogen) atoms. The van der Waals surface area contributed by atoms with Gasteiger partial charge in [-0.2, -0.15) is 4.37 Å². The molecule has 0 bridgehead atoms. The Balaban J connectivity index is 2.25. The lowest BCUT2D eigenvalue weighted by molar-refractivity contribution is 0.593. The van der Waals surface area contributed by atoms with Crippen molar-refractivity contribution >= 4 is 21.6 Å². The van der Waals surface area contributed by atoms with E-state index in [2.05, 4.69) is 29.5 Å². The molecule has 2 rings (SSSR count). The topological polar surface area (TPSA) is 38.9 Å². The normalized spacial score (nSPS) is 13.3. The van der Waals surface area contributed by atoms with Crippen molar-refractivity contribution in [1.82, 2.24) is 4.37 Å². The summed E-state index contributed by atoms with van der Waals surface area (Å²) in [6.45, 7) is 2.93. The Kier molecular flexibility index (Phi) is 2.79. The van der Waals surface area contributed by atoms with E-state index >= 15 is 0 Å². The van der Waals surface area contributed by atoms with Crippen molar-refractivity contribution < 1.29 is 0 Å². The van der Waals surface area contributed by atoms with Gasteiger partial charge in [-0.15, -0.1) is 0 Å². The molecule has 0 saturated heterocycles. The van der Waals surface area contributed by atoms with Crippen LogP contribution in [0.2, 0.25) is 0 Å². The van der Waals surface area contributed by atoms with E-state index in [4.69, 9.17) is 5.73 Å². The Labute approximate surface area is 87.9 Å². The summed E-state index contributed by atoms with van der Waals surface area (Å²) in [6.07, 6.45) is 2.97. The first-order valence-electron chi connectivity index (χ1n) is 4.83. The number of hydrogen-bond donors (Lipinski definition) is 1. The number of nitrogens with two attached hydrogens (primary N) is 1. The zero-order chi connectivity index (χ0) is 9.97. The first-order chi connectivity index (χ1) is 6.79. The molecule has 3 heteroatoms. The van der Waals surface area contributed by atoms with Crippen LogP contribution >= 0.6 is 11.5 Å². The number of hydrogen-bond acceptors (Lipinski definition) is 3. The fraction of sp³-hybridized carbons (Fsp3) is 0.364. The van der Waals surface area contributed by atoms with Crippen LogP contribution in [0.5, 0.6) is 0 Å². The minimum atomic E-state index is 0.556. The largest absolute Gasteiger partial charge is 0.330 e. The van der Waals surface area contributed by atoms with E-state index in [1.54, 1.807) is 11.5 Å². The minimum absolute atomic E-state index is 0.556. The van der Waals surface area contributed by atoms with Crippen LogP contribution in [0.4, 0.5) is 0 Å². The lowest BCUT2D eigenvalue weighted by Gasteiger charge is -2.07. The van der Waals surface area contributed by atoms with Crippen molar-refractivity contribution in [3.63, 3.8) is 0 Å². The van der Waals surface area contributed by atoms with Gasteiger partial charge in [-0.1, -0.05) is 19.1 Å². The van der Waals surface area contributed by atoms with Gasteiger partial charge in [0.05, 0.1) is 4.70 Å². The van der Waals surface area contributed by atoms with Crippen LogP contribution < -0.4 is 5.73 Å². The monoisotopic (exact) mass is 206 g/mol. The third kappa shape index (κ3) is 1.94. The lowest BCUT2D eigenvalue weighted by atomic mass is 10.0. The third-order valence-electron chi connectivity index (χ3n) is 2.41. The summed E-state index contributed by atoms with van der Waals surface area (Å²) in [5, 5.41) is 1.24. The Morgan fingerprint density at radius 1 is 1.50 bits per heavy atom. The highest BCUT2D eigenvalue weighted by atomic mass is 32.1. The minimum Gasteiger partial charge on any atom is -0.330 e. The summed E-state index contributed by atoms with van der Waals surface area (Å²) in [5.74, 6) is 0.556. The molecule has 0 spiro atoms. The number of rotatable bonds is 3. The summed E-state index contributed by atoms with van der Waals surface area (Å²) in [5.41, 5.74) is 6.96. The van der Waals surface area contributed by atoms with Crippen molar-refractivity contribution in [2.45, 2.75) is 13.3 Å². The van der Waals surface area contributed by atoms with Gasteiger partial charge in [0.2, 0.25) is 0 Å². The van der Waals surface area contributed by atoms with Gasteiger partial charge in [-0.05, 0) is 42.0 Å². The average molecular weight is 206 g/mol. The highest BCUT2D eigenvalue weighted by Gasteiger charge is 2.03. The van der Waals surface area contributed by atoms with E-state index in [9.17, 15) is 0 Å². The first kappa shape index (κ1) is 9.62. The maximum atomic E-state index is 5.60. The second-order valence-corrected chi connectivity index (χ2v) is 4.58. The highest BCUT2D eigenvalue weighted by molar-refractivity contribution is 7.13. The molecular weight excluding hydrogens is 192 g/mol. The van der Waals surface area contributed by atoms with Gasteiger partial charge >= 0.3 is 0 Å². The second kappa shape index (κ2) is 4.07. The zero-order valence-corrected chi connectivity index (χ0v) is 9.05. The zero-order valence-electron chi connectivity index (χ0n) is 8.23. The molecule has 2 N–H and O–H groups in total. The average Bonchev–Trinajstić information content (AvgIpc) is 2.64. The number of fused-ring (bicyclic) bond motifs is 1. The second-order valence-electron chi connectivity index (χ2n) is 3.74. The van der Waals surface area contributed by atoms with Crippen molar-refractivity contribution in [2.75, 3.05) is 6.54 Å². The Hall–Kier alpha value is -0.930. The van der Waals surface area contributed by atoms with Gasteiger partial charge in [0.15, 0.2) is 0 Å². The lowest BCUT2D eigenvalue weighted by Crippen LogP contribution is -2.12. The summed E-state index contributed by atoms with van der Waals surface area (Å²) in [4.78, 5) is 0. The molecule has 0 aliphatic rings. The van der Waals surface area contributed by atoms with E-state index < -0.39 is 0 Å². The van der Waals surface area contributed by atoms with Gasteiger partial charge in [0.25, 0.3) is 0 Å². The molecule has 1 aromatic heterocycles. The van der Waals surface area contributed by atoms with Gasteiger partial charge in [0, 0.05) is 11.6 Å². The van der Waals surface area contributed by atoms with Crippen LogP contribution in [0, 0.1) is 5.92 Å². The molecule has 0 aliphatic carbocycles. The molecule has 0 radical (unpaired) electrons. The molecule has 0 aliphatic heterocycles. The summed E-state index contributed by atoms with van der Waals surface area (Å²) in [7, 11) is 0. The molecule has 74 valence electrons. The predicted octanol–water partition coefficient (Wildman–Crippen LogP) is 2.43. The molecular formula is C11H14N2S. The molecule has 0 amide bonds.